The third-order valence-electron chi connectivity index (χ3n) is 3.86. The van der Waals surface area contributed by atoms with Crippen molar-refractivity contribution in [2.75, 3.05) is 13.7 Å². The van der Waals surface area contributed by atoms with E-state index in [4.69, 9.17) is 4.74 Å². The van der Waals surface area contributed by atoms with Gasteiger partial charge in [-0.05, 0) is 43.5 Å². The normalized spacial score (nSPS) is 22.9. The molecule has 1 aromatic carbocycles. The molecule has 116 valence electrons. The average Bonchev–Trinajstić information content (AvgIpc) is 2.47. The van der Waals surface area contributed by atoms with Gasteiger partial charge in [0.05, 0.1) is 12.7 Å². The summed E-state index contributed by atoms with van der Waals surface area (Å²) in [6.07, 6.45) is -1.52. The van der Waals surface area contributed by atoms with Crippen LogP contribution >= 0.6 is 0 Å². The fraction of sp³-hybridized carbons (Fsp3) is 0.533. The van der Waals surface area contributed by atoms with Crippen molar-refractivity contribution < 1.29 is 22.7 Å². The number of nitrogens with one attached hydrogen (secondary N) is 1. The fourth-order valence-corrected chi connectivity index (χ4v) is 2.72. The SMILES string of the molecule is COC(=O)C1(Cc2ccc(C(F)(F)F)cc2)CCCCN1. The summed E-state index contributed by atoms with van der Waals surface area (Å²) in [6.45, 7) is 0.704. The van der Waals surface area contributed by atoms with Crippen molar-refractivity contribution in [2.45, 2.75) is 37.4 Å². The molecule has 0 aromatic heterocycles. The van der Waals surface area contributed by atoms with E-state index in [0.717, 1.165) is 25.0 Å². The molecule has 21 heavy (non-hydrogen) atoms. The van der Waals surface area contributed by atoms with Crippen LogP contribution in [0.4, 0.5) is 13.2 Å². The maximum atomic E-state index is 12.5. The lowest BCUT2D eigenvalue weighted by Crippen LogP contribution is -2.56. The van der Waals surface area contributed by atoms with E-state index in [0.29, 0.717) is 24.9 Å². The third-order valence-corrected chi connectivity index (χ3v) is 3.86. The van der Waals surface area contributed by atoms with E-state index in [-0.39, 0.29) is 5.97 Å². The first kappa shape index (κ1) is 15.8. The molecule has 2 rings (SSSR count). The molecule has 0 spiro atoms. The summed E-state index contributed by atoms with van der Waals surface area (Å²) >= 11 is 0. The second kappa shape index (κ2) is 6.05. The van der Waals surface area contributed by atoms with Crippen LogP contribution in [0, 0.1) is 0 Å². The number of halogens is 3. The lowest BCUT2D eigenvalue weighted by molar-refractivity contribution is -0.149. The monoisotopic (exact) mass is 301 g/mol. The summed E-state index contributed by atoms with van der Waals surface area (Å²) in [6, 6.07) is 4.93. The Hall–Kier alpha value is -1.56. The number of methoxy groups -OCH3 is 1. The Kier molecular flexibility index (Phi) is 4.56. The number of carbonyl (C=O) groups is 1. The van der Waals surface area contributed by atoms with Crippen LogP contribution < -0.4 is 5.32 Å². The molecule has 0 aliphatic carbocycles. The van der Waals surface area contributed by atoms with Crippen molar-refractivity contribution in [2.24, 2.45) is 0 Å². The topological polar surface area (TPSA) is 38.3 Å². The molecule has 0 radical (unpaired) electrons. The van der Waals surface area contributed by atoms with Gasteiger partial charge >= 0.3 is 12.1 Å². The maximum Gasteiger partial charge on any atom is 0.416 e. The van der Waals surface area contributed by atoms with Crippen molar-refractivity contribution in [3.8, 4) is 0 Å². The van der Waals surface area contributed by atoms with E-state index >= 15 is 0 Å². The smallest absolute Gasteiger partial charge is 0.416 e. The summed E-state index contributed by atoms with van der Waals surface area (Å²) in [7, 11) is 1.33. The molecule has 1 unspecified atom stereocenters. The number of ether oxygens (including phenoxy) is 1. The van der Waals surface area contributed by atoms with Crippen LogP contribution in [0.5, 0.6) is 0 Å². The van der Waals surface area contributed by atoms with Crippen LogP contribution in [0.15, 0.2) is 24.3 Å². The van der Waals surface area contributed by atoms with Crippen molar-refractivity contribution in [3.05, 3.63) is 35.4 Å². The fourth-order valence-electron chi connectivity index (χ4n) is 2.72. The Morgan fingerprint density at radius 2 is 1.95 bits per heavy atom. The molecule has 0 amide bonds. The highest BCUT2D eigenvalue weighted by Gasteiger charge is 2.40. The molecular weight excluding hydrogens is 283 g/mol. The Balaban J connectivity index is 2.19. The van der Waals surface area contributed by atoms with Gasteiger partial charge in [-0.15, -0.1) is 0 Å². The van der Waals surface area contributed by atoms with E-state index in [9.17, 15) is 18.0 Å². The predicted molar refractivity (Wildman–Crippen MR) is 71.7 cm³/mol. The van der Waals surface area contributed by atoms with Gasteiger partial charge in [0, 0.05) is 6.42 Å². The van der Waals surface area contributed by atoms with Crippen LogP contribution in [0.25, 0.3) is 0 Å². The Bertz CT molecular complexity index is 491. The van der Waals surface area contributed by atoms with Gasteiger partial charge in [0.25, 0.3) is 0 Å². The van der Waals surface area contributed by atoms with Gasteiger partial charge in [-0.2, -0.15) is 13.2 Å². The van der Waals surface area contributed by atoms with Crippen molar-refractivity contribution in [3.63, 3.8) is 0 Å². The zero-order valence-corrected chi connectivity index (χ0v) is 11.8. The average molecular weight is 301 g/mol. The van der Waals surface area contributed by atoms with Crippen LogP contribution in [-0.2, 0) is 22.1 Å². The molecule has 3 nitrogen and oxygen atoms in total. The summed E-state index contributed by atoms with van der Waals surface area (Å²) in [5, 5.41) is 3.18. The molecule has 1 aromatic rings. The molecular formula is C15H18F3NO2. The summed E-state index contributed by atoms with van der Waals surface area (Å²) < 4.78 is 42.5. The number of hydrogen-bond acceptors (Lipinski definition) is 3. The van der Waals surface area contributed by atoms with Gasteiger partial charge in [0.2, 0.25) is 0 Å². The van der Waals surface area contributed by atoms with E-state index in [1.807, 2.05) is 0 Å². The predicted octanol–water partition coefficient (Wildman–Crippen LogP) is 2.93. The minimum absolute atomic E-state index is 0.331. The first-order valence-corrected chi connectivity index (χ1v) is 6.87. The van der Waals surface area contributed by atoms with Crippen LogP contribution in [-0.4, -0.2) is 25.2 Å². The first-order chi connectivity index (χ1) is 9.87. The highest BCUT2D eigenvalue weighted by molar-refractivity contribution is 5.81. The number of rotatable bonds is 3. The molecule has 6 heteroatoms. The van der Waals surface area contributed by atoms with Gasteiger partial charge in [0.15, 0.2) is 0 Å². The van der Waals surface area contributed by atoms with Gasteiger partial charge in [-0.25, -0.2) is 0 Å². The molecule has 1 atom stereocenters. The van der Waals surface area contributed by atoms with Gasteiger partial charge in [-0.3, -0.25) is 4.79 Å². The summed E-state index contributed by atoms with van der Waals surface area (Å²) in [4.78, 5) is 12.1. The van der Waals surface area contributed by atoms with Crippen LogP contribution in [0.1, 0.15) is 30.4 Å². The molecule has 1 saturated heterocycles. The van der Waals surface area contributed by atoms with E-state index in [1.54, 1.807) is 0 Å². The number of piperidine rings is 1. The molecule has 1 N–H and O–H groups in total. The number of alkyl halides is 3. The zero-order chi connectivity index (χ0) is 15.5. The molecule has 1 fully saturated rings. The quantitative estimate of drug-likeness (QED) is 0.872. The van der Waals surface area contributed by atoms with E-state index < -0.39 is 17.3 Å². The van der Waals surface area contributed by atoms with Gasteiger partial charge in [0.1, 0.15) is 5.54 Å². The Labute approximate surface area is 121 Å². The lowest BCUT2D eigenvalue weighted by Gasteiger charge is -2.35. The minimum atomic E-state index is -4.35. The van der Waals surface area contributed by atoms with Crippen molar-refractivity contribution in [1.29, 1.82) is 0 Å². The van der Waals surface area contributed by atoms with Gasteiger partial charge in [-0.1, -0.05) is 12.1 Å². The maximum absolute atomic E-state index is 12.5. The molecule has 0 saturated carbocycles. The first-order valence-electron chi connectivity index (χ1n) is 6.87. The number of benzene rings is 1. The zero-order valence-electron chi connectivity index (χ0n) is 11.8. The molecule has 1 aliphatic heterocycles. The highest BCUT2D eigenvalue weighted by atomic mass is 19.4. The Morgan fingerprint density at radius 3 is 2.43 bits per heavy atom. The number of carbonyl (C=O) groups excluding carboxylic acids is 1. The summed E-state index contributed by atoms with van der Waals surface area (Å²) in [5.74, 6) is -0.359. The van der Waals surface area contributed by atoms with Gasteiger partial charge < -0.3 is 10.1 Å². The minimum Gasteiger partial charge on any atom is -0.468 e. The molecule has 0 bridgehead atoms. The second-order valence-electron chi connectivity index (χ2n) is 5.33. The van der Waals surface area contributed by atoms with Crippen molar-refractivity contribution in [1.82, 2.24) is 5.32 Å². The molecule has 1 heterocycles. The summed E-state index contributed by atoms with van der Waals surface area (Å²) in [5.41, 5.74) is -0.829. The lowest BCUT2D eigenvalue weighted by atomic mass is 9.83. The van der Waals surface area contributed by atoms with Crippen molar-refractivity contribution >= 4 is 5.97 Å². The van der Waals surface area contributed by atoms with Crippen LogP contribution in [0.2, 0.25) is 0 Å². The second-order valence-corrected chi connectivity index (χ2v) is 5.33. The largest absolute Gasteiger partial charge is 0.468 e. The third kappa shape index (κ3) is 3.56. The molecule has 1 aliphatic rings. The van der Waals surface area contributed by atoms with E-state index in [1.165, 1.54) is 19.2 Å². The Morgan fingerprint density at radius 1 is 1.29 bits per heavy atom. The number of hydrogen-bond donors (Lipinski definition) is 1. The highest BCUT2D eigenvalue weighted by Crippen LogP contribution is 2.30. The van der Waals surface area contributed by atoms with E-state index in [2.05, 4.69) is 5.32 Å². The number of esters is 1. The standard InChI is InChI=1S/C15H18F3NO2/c1-21-13(20)14(8-2-3-9-19-14)10-11-4-6-12(7-5-11)15(16,17)18/h4-7,19H,2-3,8-10H2,1H3. The van der Waals surface area contributed by atoms with Crippen LogP contribution in [0.3, 0.4) is 0 Å².